The van der Waals surface area contributed by atoms with Gasteiger partial charge < -0.3 is 0 Å². The van der Waals surface area contributed by atoms with Crippen molar-refractivity contribution in [3.8, 4) is 11.8 Å². The normalized spacial score (nSPS) is 11.3. The Morgan fingerprint density at radius 3 is 2.35 bits per heavy atom. The van der Waals surface area contributed by atoms with Gasteiger partial charge in [0.15, 0.2) is 0 Å². The maximum atomic E-state index is 5.70. The fraction of sp³-hybridized carbons (Fsp3) is 0.286. The molecule has 0 saturated carbocycles. The van der Waals surface area contributed by atoms with Crippen molar-refractivity contribution in [2.24, 2.45) is 5.92 Å². The van der Waals surface area contributed by atoms with Gasteiger partial charge in [-0.1, -0.05) is 0 Å². The van der Waals surface area contributed by atoms with Crippen molar-refractivity contribution >= 4 is 4.57 Å². The SMILES string of the molecule is CCO[C](=[Cr])C(CCC#Cc1ccccc1)Cc1ccccc1. The molecular formula is C21H22CrO. The van der Waals surface area contributed by atoms with Crippen LogP contribution in [0.25, 0.3) is 0 Å². The Hall–Kier alpha value is -1.64. The molecule has 2 aromatic carbocycles. The molecule has 0 spiro atoms. The molecule has 0 bridgehead atoms. The second kappa shape index (κ2) is 10.2. The van der Waals surface area contributed by atoms with E-state index in [0.717, 1.165) is 29.4 Å². The van der Waals surface area contributed by atoms with Crippen molar-refractivity contribution in [2.75, 3.05) is 6.61 Å². The number of benzene rings is 2. The van der Waals surface area contributed by atoms with Crippen molar-refractivity contribution in [3.63, 3.8) is 0 Å². The molecule has 2 rings (SSSR count). The summed E-state index contributed by atoms with van der Waals surface area (Å²) in [5, 5.41) is 0. The summed E-state index contributed by atoms with van der Waals surface area (Å²) in [7, 11) is 0. The number of rotatable bonds is 7. The van der Waals surface area contributed by atoms with Crippen LogP contribution in [-0.2, 0) is 27.0 Å². The summed E-state index contributed by atoms with van der Waals surface area (Å²) in [6.45, 7) is 2.72. The summed E-state index contributed by atoms with van der Waals surface area (Å²) >= 11 is 3.10. The molecule has 1 nitrogen and oxygen atoms in total. The van der Waals surface area contributed by atoms with Crippen molar-refractivity contribution < 1.29 is 20.6 Å². The van der Waals surface area contributed by atoms with E-state index in [1.54, 1.807) is 0 Å². The Labute approximate surface area is 147 Å². The summed E-state index contributed by atoms with van der Waals surface area (Å²) in [5.41, 5.74) is 2.41. The molecule has 1 atom stereocenters. The second-order valence-corrected chi connectivity index (χ2v) is 5.97. The van der Waals surface area contributed by atoms with Crippen LogP contribution in [0.3, 0.4) is 0 Å². The minimum absolute atomic E-state index is 0.363. The van der Waals surface area contributed by atoms with E-state index in [0.29, 0.717) is 12.5 Å². The first-order valence-corrected chi connectivity index (χ1v) is 8.68. The first-order valence-electron chi connectivity index (χ1n) is 8.04. The molecule has 0 saturated heterocycles. The molecule has 0 aliphatic carbocycles. The van der Waals surface area contributed by atoms with Crippen molar-refractivity contribution in [3.05, 3.63) is 71.8 Å². The van der Waals surface area contributed by atoms with E-state index in [9.17, 15) is 0 Å². The summed E-state index contributed by atoms with van der Waals surface area (Å²) in [6.07, 6.45) is 2.85. The van der Waals surface area contributed by atoms with Gasteiger partial charge in [-0.25, -0.2) is 0 Å². The van der Waals surface area contributed by atoms with Crippen LogP contribution in [0.15, 0.2) is 60.7 Å². The average molecular weight is 342 g/mol. The standard InChI is InChI=1S/C21H22O.Cr/c1-2-22-18-21(17-20-14-7-4-8-15-20)16-10-9-13-19-11-5-3-6-12-19;/h3-8,11-12,14-15,21H,2,10,16-17H2,1H3;. The van der Waals surface area contributed by atoms with Crippen molar-refractivity contribution in [2.45, 2.75) is 26.2 Å². The Morgan fingerprint density at radius 1 is 1.04 bits per heavy atom. The van der Waals surface area contributed by atoms with Gasteiger partial charge in [-0.3, -0.25) is 0 Å². The van der Waals surface area contributed by atoms with E-state index in [1.807, 2.05) is 37.3 Å². The number of hydrogen-bond acceptors (Lipinski definition) is 1. The van der Waals surface area contributed by atoms with Gasteiger partial charge in [-0.2, -0.15) is 0 Å². The number of ether oxygens (including phenoxy) is 1. The van der Waals surface area contributed by atoms with Gasteiger partial charge in [0, 0.05) is 0 Å². The van der Waals surface area contributed by atoms with Crippen LogP contribution in [0, 0.1) is 17.8 Å². The Kier molecular flexibility index (Phi) is 7.85. The fourth-order valence-electron chi connectivity index (χ4n) is 2.39. The minimum atomic E-state index is 0.363. The van der Waals surface area contributed by atoms with Gasteiger partial charge >= 0.3 is 147 Å². The van der Waals surface area contributed by atoms with Gasteiger partial charge in [0.05, 0.1) is 0 Å². The molecule has 0 amide bonds. The van der Waals surface area contributed by atoms with Gasteiger partial charge in [0.1, 0.15) is 0 Å². The van der Waals surface area contributed by atoms with E-state index in [1.165, 1.54) is 5.56 Å². The van der Waals surface area contributed by atoms with Crippen LogP contribution >= 0.6 is 0 Å². The molecule has 118 valence electrons. The maximum absolute atomic E-state index is 5.70. The molecule has 23 heavy (non-hydrogen) atoms. The summed E-state index contributed by atoms with van der Waals surface area (Å²) < 4.78 is 6.70. The summed E-state index contributed by atoms with van der Waals surface area (Å²) in [4.78, 5) is 0. The quantitative estimate of drug-likeness (QED) is 0.678. The van der Waals surface area contributed by atoms with Gasteiger partial charge in [0.25, 0.3) is 0 Å². The zero-order valence-electron chi connectivity index (χ0n) is 13.5. The monoisotopic (exact) mass is 342 g/mol. The van der Waals surface area contributed by atoms with E-state index in [-0.39, 0.29) is 0 Å². The van der Waals surface area contributed by atoms with Gasteiger partial charge in [-0.05, 0) is 0 Å². The van der Waals surface area contributed by atoms with Crippen LogP contribution in [-0.4, -0.2) is 11.2 Å². The Balaban J connectivity index is 1.95. The van der Waals surface area contributed by atoms with Crippen molar-refractivity contribution in [1.82, 2.24) is 0 Å². The average Bonchev–Trinajstić information content (AvgIpc) is 2.59. The van der Waals surface area contributed by atoms with Crippen LogP contribution in [0.2, 0.25) is 0 Å². The molecule has 0 heterocycles. The first-order chi connectivity index (χ1) is 11.3. The molecule has 2 aromatic rings. The van der Waals surface area contributed by atoms with Crippen LogP contribution in [0.5, 0.6) is 0 Å². The predicted molar refractivity (Wildman–Crippen MR) is 92.8 cm³/mol. The molecule has 0 N–H and O–H groups in total. The van der Waals surface area contributed by atoms with E-state index in [4.69, 9.17) is 4.74 Å². The molecule has 0 aliphatic rings. The fourth-order valence-corrected chi connectivity index (χ4v) is 2.89. The second-order valence-electron chi connectivity index (χ2n) is 5.35. The Morgan fingerprint density at radius 2 is 1.70 bits per heavy atom. The van der Waals surface area contributed by atoms with E-state index in [2.05, 4.69) is 58.0 Å². The molecule has 2 heteroatoms. The van der Waals surface area contributed by atoms with Crippen LogP contribution in [0.4, 0.5) is 0 Å². The van der Waals surface area contributed by atoms with Crippen molar-refractivity contribution in [1.29, 1.82) is 0 Å². The third-order valence-corrected chi connectivity index (χ3v) is 4.27. The number of hydrogen-bond donors (Lipinski definition) is 0. The third-order valence-electron chi connectivity index (χ3n) is 3.57. The molecule has 0 aliphatic heterocycles. The zero-order valence-corrected chi connectivity index (χ0v) is 14.8. The summed E-state index contributed by atoms with van der Waals surface area (Å²) in [6, 6.07) is 20.7. The first kappa shape index (κ1) is 17.7. The van der Waals surface area contributed by atoms with Gasteiger partial charge in [-0.15, -0.1) is 0 Å². The van der Waals surface area contributed by atoms with E-state index < -0.39 is 0 Å². The van der Waals surface area contributed by atoms with Crippen LogP contribution < -0.4 is 0 Å². The van der Waals surface area contributed by atoms with E-state index >= 15 is 0 Å². The molecule has 0 aromatic heterocycles. The van der Waals surface area contributed by atoms with Crippen LogP contribution in [0.1, 0.15) is 30.9 Å². The molecule has 1 unspecified atom stereocenters. The molecular weight excluding hydrogens is 320 g/mol. The predicted octanol–water partition coefficient (Wildman–Crippen LogP) is 4.39. The summed E-state index contributed by atoms with van der Waals surface area (Å²) in [5.74, 6) is 6.87. The molecule has 0 fully saturated rings. The topological polar surface area (TPSA) is 9.23 Å². The molecule has 0 radical (unpaired) electrons. The third kappa shape index (κ3) is 6.56. The van der Waals surface area contributed by atoms with Gasteiger partial charge in [0.2, 0.25) is 0 Å². The zero-order chi connectivity index (χ0) is 16.3. The Bertz CT molecular complexity index is 652.